The van der Waals surface area contributed by atoms with E-state index in [-0.39, 0.29) is 6.61 Å². The number of aromatic nitrogens is 2. The molecule has 0 bridgehead atoms. The zero-order chi connectivity index (χ0) is 13.7. The molecular weight excluding hydrogens is 268 g/mol. The van der Waals surface area contributed by atoms with Crippen LogP contribution in [0.5, 0.6) is 0 Å². The Bertz CT molecular complexity index is 539. The number of aliphatic hydroxyl groups excluding tert-OH is 1. The maximum absolute atomic E-state index is 10.6. The molecule has 0 aliphatic carbocycles. The highest BCUT2D eigenvalue weighted by Crippen LogP contribution is 2.24. The third kappa shape index (κ3) is 3.33. The van der Waals surface area contributed by atoms with E-state index in [4.69, 9.17) is 21.4 Å². The lowest BCUT2D eigenvalue weighted by Gasteiger charge is -2.15. The topological polar surface area (TPSA) is 75.2 Å². The van der Waals surface area contributed by atoms with E-state index < -0.39 is 6.10 Å². The van der Waals surface area contributed by atoms with E-state index in [1.165, 1.54) is 0 Å². The molecule has 0 radical (unpaired) electrons. The summed E-state index contributed by atoms with van der Waals surface area (Å²) in [5.41, 5.74) is 2.19. The Kier molecular flexibility index (Phi) is 4.54. The molecule has 0 saturated carbocycles. The van der Waals surface area contributed by atoms with Gasteiger partial charge in [0.1, 0.15) is 6.10 Å². The Labute approximate surface area is 115 Å². The molecule has 1 aromatic carbocycles. The average Bonchev–Trinajstić information content (AvgIpc) is 2.86. The molecule has 5 nitrogen and oxygen atoms in total. The molecule has 19 heavy (non-hydrogen) atoms. The minimum absolute atomic E-state index is 0.159. The maximum atomic E-state index is 10.6. The number of aromatic amines is 1. The third-order valence-electron chi connectivity index (χ3n) is 2.83. The summed E-state index contributed by atoms with van der Waals surface area (Å²) in [6.45, 7) is 0.255. The molecule has 0 aliphatic heterocycles. The predicted molar refractivity (Wildman–Crippen MR) is 69.6 cm³/mol. The van der Waals surface area contributed by atoms with Gasteiger partial charge < -0.3 is 9.84 Å². The number of nitrogens with one attached hydrogen (secondary N) is 1. The number of nitrogens with zero attached hydrogens (tertiary/aromatic N) is 1. The number of benzene rings is 1. The molecule has 0 aliphatic rings. The Hall–Kier alpha value is -1.85. The molecule has 0 saturated heterocycles. The zero-order valence-electron chi connectivity index (χ0n) is 10.0. The molecular formula is C13H13ClN2O3. The van der Waals surface area contributed by atoms with Crippen molar-refractivity contribution in [2.75, 3.05) is 0 Å². The van der Waals surface area contributed by atoms with E-state index >= 15 is 0 Å². The molecule has 0 fully saturated rings. The summed E-state index contributed by atoms with van der Waals surface area (Å²) in [5.74, 6) is 0. The first-order valence-corrected chi connectivity index (χ1v) is 6.09. The second kappa shape index (κ2) is 6.36. The second-order valence-corrected chi connectivity index (χ2v) is 4.43. The first-order chi connectivity index (χ1) is 9.24. The number of hydrogen-bond donors (Lipinski definition) is 2. The van der Waals surface area contributed by atoms with E-state index in [1.807, 2.05) is 0 Å². The van der Waals surface area contributed by atoms with Gasteiger partial charge in [0, 0.05) is 17.6 Å². The van der Waals surface area contributed by atoms with Crippen LogP contribution in [0.25, 0.3) is 0 Å². The molecule has 2 N–H and O–H groups in total. The van der Waals surface area contributed by atoms with Crippen LogP contribution in [-0.2, 0) is 22.6 Å². The van der Waals surface area contributed by atoms with Crippen molar-refractivity contribution in [3.63, 3.8) is 0 Å². The summed E-state index contributed by atoms with van der Waals surface area (Å²) in [5, 5.41) is 16.4. The number of H-pyrrole nitrogens is 1. The molecule has 1 unspecified atom stereocenters. The van der Waals surface area contributed by atoms with Crippen LogP contribution in [0.2, 0.25) is 5.02 Å². The largest absolute Gasteiger partial charge is 0.459 e. The highest BCUT2D eigenvalue weighted by atomic mass is 35.5. The van der Waals surface area contributed by atoms with Gasteiger partial charge in [-0.3, -0.25) is 9.89 Å². The van der Waals surface area contributed by atoms with Gasteiger partial charge in [-0.15, -0.1) is 0 Å². The van der Waals surface area contributed by atoms with Gasteiger partial charge in [-0.1, -0.05) is 23.7 Å². The van der Waals surface area contributed by atoms with Crippen molar-refractivity contribution >= 4 is 18.1 Å². The Morgan fingerprint density at radius 2 is 2.16 bits per heavy atom. The Morgan fingerprint density at radius 3 is 2.79 bits per heavy atom. The van der Waals surface area contributed by atoms with Crippen molar-refractivity contribution in [2.24, 2.45) is 0 Å². The molecule has 6 heteroatoms. The van der Waals surface area contributed by atoms with Crippen LogP contribution in [0.15, 0.2) is 30.5 Å². The average molecular weight is 281 g/mol. The molecule has 0 spiro atoms. The van der Waals surface area contributed by atoms with Gasteiger partial charge in [-0.2, -0.15) is 5.10 Å². The van der Waals surface area contributed by atoms with Crippen LogP contribution in [0.3, 0.4) is 0 Å². The van der Waals surface area contributed by atoms with Crippen LogP contribution < -0.4 is 0 Å². The second-order valence-electron chi connectivity index (χ2n) is 3.99. The number of carbonyl (C=O) groups excluding carboxylic acids is 1. The van der Waals surface area contributed by atoms with Gasteiger partial charge in [0.25, 0.3) is 6.47 Å². The molecule has 2 aromatic rings. The summed E-state index contributed by atoms with van der Waals surface area (Å²) in [6.07, 6.45) is 1.69. The smallest absolute Gasteiger partial charge is 0.293 e. The summed E-state index contributed by atoms with van der Waals surface area (Å²) >= 11 is 5.83. The first-order valence-electron chi connectivity index (χ1n) is 5.71. The van der Waals surface area contributed by atoms with Gasteiger partial charge in [0.2, 0.25) is 0 Å². The standard InChI is InChI=1S/C13H13ClN2O3/c14-11-3-1-9(2-4-11)13(19-8-18)5-10-6-15-16-12(10)7-17/h1-4,6,8,13,17H,5,7H2,(H,15,16). The minimum atomic E-state index is -0.433. The van der Waals surface area contributed by atoms with Gasteiger partial charge in [0.15, 0.2) is 0 Å². The zero-order valence-corrected chi connectivity index (χ0v) is 10.8. The summed E-state index contributed by atoms with van der Waals surface area (Å²) in [6, 6.07) is 7.07. The van der Waals surface area contributed by atoms with Gasteiger partial charge in [0.05, 0.1) is 12.3 Å². The lowest BCUT2D eigenvalue weighted by atomic mass is 10.0. The number of carbonyl (C=O) groups is 1. The molecule has 100 valence electrons. The van der Waals surface area contributed by atoms with Crippen LogP contribution >= 0.6 is 11.6 Å². The van der Waals surface area contributed by atoms with E-state index in [0.29, 0.717) is 23.6 Å². The van der Waals surface area contributed by atoms with Crippen molar-refractivity contribution in [2.45, 2.75) is 19.1 Å². The van der Waals surface area contributed by atoms with Gasteiger partial charge >= 0.3 is 0 Å². The first kappa shape index (κ1) is 13.6. The maximum Gasteiger partial charge on any atom is 0.293 e. The van der Waals surface area contributed by atoms with Crippen LogP contribution in [-0.4, -0.2) is 21.8 Å². The molecule has 1 heterocycles. The number of rotatable bonds is 6. The molecule has 1 aromatic heterocycles. The number of aliphatic hydroxyl groups is 1. The number of hydrogen-bond acceptors (Lipinski definition) is 4. The summed E-state index contributed by atoms with van der Waals surface area (Å²) in [4.78, 5) is 10.6. The fourth-order valence-electron chi connectivity index (χ4n) is 1.85. The van der Waals surface area contributed by atoms with Gasteiger partial charge in [-0.25, -0.2) is 0 Å². The highest BCUT2D eigenvalue weighted by molar-refractivity contribution is 6.30. The van der Waals surface area contributed by atoms with E-state index in [2.05, 4.69) is 10.2 Å². The third-order valence-corrected chi connectivity index (χ3v) is 3.08. The van der Waals surface area contributed by atoms with Crippen LogP contribution in [0.1, 0.15) is 22.9 Å². The van der Waals surface area contributed by atoms with E-state index in [1.54, 1.807) is 30.5 Å². The van der Waals surface area contributed by atoms with E-state index in [0.717, 1.165) is 11.1 Å². The monoisotopic (exact) mass is 280 g/mol. The van der Waals surface area contributed by atoms with Crippen LogP contribution in [0, 0.1) is 0 Å². The highest BCUT2D eigenvalue weighted by Gasteiger charge is 2.16. The summed E-state index contributed by atoms with van der Waals surface area (Å²) in [7, 11) is 0. The fourth-order valence-corrected chi connectivity index (χ4v) is 1.97. The molecule has 1 atom stereocenters. The van der Waals surface area contributed by atoms with Crippen molar-refractivity contribution in [3.05, 3.63) is 52.3 Å². The predicted octanol–water partition coefficient (Wildman–Crippen LogP) is 2.01. The Balaban J connectivity index is 2.20. The van der Waals surface area contributed by atoms with Gasteiger partial charge in [-0.05, 0) is 23.3 Å². The fraction of sp³-hybridized carbons (Fsp3) is 0.231. The normalized spacial score (nSPS) is 12.1. The number of ether oxygens (including phenoxy) is 1. The van der Waals surface area contributed by atoms with E-state index in [9.17, 15) is 4.79 Å². The lowest BCUT2D eigenvalue weighted by Crippen LogP contribution is -2.08. The molecule has 0 amide bonds. The SMILES string of the molecule is O=COC(Cc1c[nH]nc1CO)c1ccc(Cl)cc1. The minimum Gasteiger partial charge on any atom is -0.459 e. The van der Waals surface area contributed by atoms with Crippen molar-refractivity contribution < 1.29 is 14.6 Å². The molecule has 2 rings (SSSR count). The van der Waals surface area contributed by atoms with Crippen molar-refractivity contribution in [1.82, 2.24) is 10.2 Å². The number of halogens is 1. The van der Waals surface area contributed by atoms with Crippen LogP contribution in [0.4, 0.5) is 0 Å². The van der Waals surface area contributed by atoms with Crippen molar-refractivity contribution in [3.8, 4) is 0 Å². The van der Waals surface area contributed by atoms with Crippen molar-refractivity contribution in [1.29, 1.82) is 0 Å². The Morgan fingerprint density at radius 1 is 1.42 bits per heavy atom. The lowest BCUT2D eigenvalue weighted by molar-refractivity contribution is -0.133. The summed E-state index contributed by atoms with van der Waals surface area (Å²) < 4.78 is 5.09. The quantitative estimate of drug-likeness (QED) is 0.794.